The number of nitrogens with zero attached hydrogens (tertiary/aromatic N) is 1. The van der Waals surface area contributed by atoms with Gasteiger partial charge in [-0.05, 0) is 32.6 Å². The summed E-state index contributed by atoms with van der Waals surface area (Å²) in [5.74, 6) is -0.231. The van der Waals surface area contributed by atoms with Crippen LogP contribution in [0.4, 0.5) is 4.79 Å². The van der Waals surface area contributed by atoms with Crippen LogP contribution in [-0.2, 0) is 9.53 Å². The summed E-state index contributed by atoms with van der Waals surface area (Å²) in [6.45, 7) is 4.22. The summed E-state index contributed by atoms with van der Waals surface area (Å²) in [6.07, 6.45) is 4.93. The van der Waals surface area contributed by atoms with Crippen molar-refractivity contribution >= 4 is 17.7 Å². The normalized spacial score (nSPS) is 24.4. The standard InChI is InChI=1S/C13H23N3O3/c1-3-5-8-13(11(17)19-4-2)9-6-7-10(13)15-16-12(14)18/h3-9H2,1-2H3,(H3,14,16,18)/b15-10-/t13-/m1/s1. The van der Waals surface area contributed by atoms with Gasteiger partial charge in [0.25, 0.3) is 0 Å². The van der Waals surface area contributed by atoms with Crippen molar-refractivity contribution in [2.45, 2.75) is 52.4 Å². The van der Waals surface area contributed by atoms with Gasteiger partial charge in [0, 0.05) is 0 Å². The van der Waals surface area contributed by atoms with E-state index in [2.05, 4.69) is 17.5 Å². The molecule has 1 atom stereocenters. The van der Waals surface area contributed by atoms with Crippen LogP contribution in [0.5, 0.6) is 0 Å². The maximum atomic E-state index is 12.3. The Morgan fingerprint density at radius 2 is 2.21 bits per heavy atom. The van der Waals surface area contributed by atoms with Crippen LogP contribution >= 0.6 is 0 Å². The van der Waals surface area contributed by atoms with Gasteiger partial charge in [-0.15, -0.1) is 0 Å². The lowest BCUT2D eigenvalue weighted by Gasteiger charge is -2.27. The molecule has 0 heterocycles. The number of rotatable bonds is 6. The maximum absolute atomic E-state index is 12.3. The van der Waals surface area contributed by atoms with E-state index in [1.165, 1.54) is 0 Å². The number of nitrogens with two attached hydrogens (primary N) is 1. The van der Waals surface area contributed by atoms with Crippen molar-refractivity contribution in [1.29, 1.82) is 0 Å². The van der Waals surface area contributed by atoms with Gasteiger partial charge < -0.3 is 10.5 Å². The Hall–Kier alpha value is -1.59. The van der Waals surface area contributed by atoms with Gasteiger partial charge in [-0.1, -0.05) is 19.8 Å². The fourth-order valence-corrected chi connectivity index (χ4v) is 2.57. The summed E-state index contributed by atoms with van der Waals surface area (Å²) in [6, 6.07) is -0.715. The molecule has 19 heavy (non-hydrogen) atoms. The Kier molecular flexibility index (Phi) is 5.79. The van der Waals surface area contributed by atoms with Crippen LogP contribution in [0.2, 0.25) is 0 Å². The van der Waals surface area contributed by atoms with E-state index in [0.717, 1.165) is 25.7 Å². The van der Waals surface area contributed by atoms with Crippen molar-refractivity contribution in [3.8, 4) is 0 Å². The number of nitrogens with one attached hydrogen (secondary N) is 1. The second-order valence-electron chi connectivity index (χ2n) is 4.79. The highest BCUT2D eigenvalue weighted by Crippen LogP contribution is 2.41. The van der Waals surface area contributed by atoms with Crippen LogP contribution in [0, 0.1) is 5.41 Å². The number of carbonyl (C=O) groups is 2. The molecule has 0 bridgehead atoms. The van der Waals surface area contributed by atoms with Gasteiger partial charge in [-0.3, -0.25) is 4.79 Å². The topological polar surface area (TPSA) is 93.8 Å². The van der Waals surface area contributed by atoms with Gasteiger partial charge in [-0.25, -0.2) is 10.2 Å². The van der Waals surface area contributed by atoms with Crippen LogP contribution in [0.25, 0.3) is 0 Å². The maximum Gasteiger partial charge on any atom is 0.332 e. The minimum atomic E-state index is -0.715. The first-order valence-corrected chi connectivity index (χ1v) is 6.86. The van der Waals surface area contributed by atoms with Gasteiger partial charge in [-0.2, -0.15) is 5.10 Å². The van der Waals surface area contributed by atoms with Crippen LogP contribution in [0.3, 0.4) is 0 Å². The lowest BCUT2D eigenvalue weighted by Crippen LogP contribution is -2.39. The highest BCUT2D eigenvalue weighted by atomic mass is 16.5. The molecule has 3 N–H and O–H groups in total. The third kappa shape index (κ3) is 3.68. The zero-order chi connectivity index (χ0) is 14.3. The molecule has 0 aliphatic heterocycles. The molecule has 1 rings (SSSR count). The van der Waals surface area contributed by atoms with Gasteiger partial charge >= 0.3 is 12.0 Å². The van der Waals surface area contributed by atoms with Gasteiger partial charge in [0.2, 0.25) is 0 Å². The van der Waals surface area contributed by atoms with E-state index >= 15 is 0 Å². The molecule has 0 saturated heterocycles. The lowest BCUT2D eigenvalue weighted by atomic mass is 9.79. The second-order valence-corrected chi connectivity index (χ2v) is 4.79. The summed E-state index contributed by atoms with van der Waals surface area (Å²) in [7, 11) is 0. The number of esters is 1. The number of carbonyl (C=O) groups excluding carboxylic acids is 2. The molecule has 1 fully saturated rings. The summed E-state index contributed by atoms with van der Waals surface area (Å²) in [5.41, 5.74) is 7.28. The third-order valence-electron chi connectivity index (χ3n) is 3.49. The van der Waals surface area contributed by atoms with Crippen LogP contribution in [0.15, 0.2) is 5.10 Å². The number of amides is 2. The Bertz CT molecular complexity index is 368. The van der Waals surface area contributed by atoms with Crippen molar-refractivity contribution in [3.05, 3.63) is 0 Å². The average Bonchev–Trinajstić information content (AvgIpc) is 2.78. The van der Waals surface area contributed by atoms with Crippen molar-refractivity contribution in [2.75, 3.05) is 6.61 Å². The average molecular weight is 269 g/mol. The first kappa shape index (κ1) is 15.5. The molecule has 0 aromatic rings. The minimum absolute atomic E-state index is 0.231. The number of ether oxygens (including phenoxy) is 1. The molecule has 0 radical (unpaired) electrons. The SMILES string of the molecule is CCCC[C@@]1(C(=O)OCC)CCC/C1=N/NC(N)=O. The van der Waals surface area contributed by atoms with E-state index in [1.807, 2.05) is 0 Å². The van der Waals surface area contributed by atoms with E-state index in [-0.39, 0.29) is 5.97 Å². The number of urea groups is 1. The van der Waals surface area contributed by atoms with Crippen molar-refractivity contribution in [3.63, 3.8) is 0 Å². The molecular formula is C13H23N3O3. The Balaban J connectivity index is 2.95. The number of primary amides is 1. The quantitative estimate of drug-likeness (QED) is 0.570. The van der Waals surface area contributed by atoms with Crippen LogP contribution < -0.4 is 11.2 Å². The minimum Gasteiger partial charge on any atom is -0.465 e. The first-order chi connectivity index (χ1) is 9.06. The van der Waals surface area contributed by atoms with E-state index in [9.17, 15) is 9.59 Å². The van der Waals surface area contributed by atoms with Crippen molar-refractivity contribution < 1.29 is 14.3 Å². The predicted octanol–water partition coefficient (Wildman–Crippen LogP) is 1.93. The number of hydrogen-bond acceptors (Lipinski definition) is 4. The first-order valence-electron chi connectivity index (χ1n) is 6.86. The molecule has 1 aliphatic rings. The zero-order valence-electron chi connectivity index (χ0n) is 11.7. The molecule has 108 valence electrons. The van der Waals surface area contributed by atoms with Crippen LogP contribution in [-0.4, -0.2) is 24.3 Å². The van der Waals surface area contributed by atoms with E-state index in [1.54, 1.807) is 6.92 Å². The summed E-state index contributed by atoms with van der Waals surface area (Å²) >= 11 is 0. The number of unbranched alkanes of at least 4 members (excludes halogenated alkanes) is 1. The zero-order valence-corrected chi connectivity index (χ0v) is 11.7. The largest absolute Gasteiger partial charge is 0.465 e. The fraction of sp³-hybridized carbons (Fsp3) is 0.769. The fourth-order valence-electron chi connectivity index (χ4n) is 2.57. The molecule has 0 unspecified atom stereocenters. The predicted molar refractivity (Wildman–Crippen MR) is 72.6 cm³/mol. The summed E-state index contributed by atoms with van der Waals surface area (Å²) < 4.78 is 5.20. The number of hydrogen-bond donors (Lipinski definition) is 2. The summed E-state index contributed by atoms with van der Waals surface area (Å²) in [5, 5.41) is 4.02. The lowest BCUT2D eigenvalue weighted by molar-refractivity contribution is -0.151. The molecule has 0 spiro atoms. The molecule has 0 aromatic carbocycles. The highest BCUT2D eigenvalue weighted by molar-refractivity contribution is 6.08. The van der Waals surface area contributed by atoms with Crippen molar-refractivity contribution in [1.82, 2.24) is 5.43 Å². The van der Waals surface area contributed by atoms with E-state index in [4.69, 9.17) is 10.5 Å². The molecule has 2 amide bonds. The molecule has 6 nitrogen and oxygen atoms in total. The van der Waals surface area contributed by atoms with E-state index in [0.29, 0.717) is 25.2 Å². The molecule has 0 aromatic heterocycles. The second kappa shape index (κ2) is 7.11. The third-order valence-corrected chi connectivity index (χ3v) is 3.49. The highest BCUT2D eigenvalue weighted by Gasteiger charge is 2.47. The van der Waals surface area contributed by atoms with Gasteiger partial charge in [0.1, 0.15) is 5.41 Å². The number of hydrazone groups is 1. The molecular weight excluding hydrogens is 246 g/mol. The molecule has 1 saturated carbocycles. The molecule has 1 aliphatic carbocycles. The monoisotopic (exact) mass is 269 g/mol. The Labute approximate surface area is 113 Å². The van der Waals surface area contributed by atoms with Crippen molar-refractivity contribution in [2.24, 2.45) is 16.3 Å². The van der Waals surface area contributed by atoms with Gasteiger partial charge in [0.15, 0.2) is 0 Å². The smallest absolute Gasteiger partial charge is 0.332 e. The Morgan fingerprint density at radius 3 is 2.79 bits per heavy atom. The van der Waals surface area contributed by atoms with Gasteiger partial charge in [0.05, 0.1) is 12.3 Å². The summed E-state index contributed by atoms with van der Waals surface area (Å²) in [4.78, 5) is 23.0. The van der Waals surface area contributed by atoms with Crippen LogP contribution in [0.1, 0.15) is 52.4 Å². The Morgan fingerprint density at radius 1 is 1.47 bits per heavy atom. The molecule has 6 heteroatoms. The van der Waals surface area contributed by atoms with E-state index < -0.39 is 11.4 Å².